The predicted octanol–water partition coefficient (Wildman–Crippen LogP) is 5.42. The molecule has 1 aromatic heterocycles. The Balaban J connectivity index is 1.55. The molecule has 0 N–H and O–H groups in total. The minimum atomic E-state index is -0.176. The van der Waals surface area contributed by atoms with Crippen LogP contribution in [0, 0.1) is 13.8 Å². The summed E-state index contributed by atoms with van der Waals surface area (Å²) in [6, 6.07) is 17.3. The van der Waals surface area contributed by atoms with Gasteiger partial charge >= 0.3 is 0 Å². The SMILES string of the molecule is Cc1ccccc1OCC1c2ccsc2CCN1C(=O)CN(C(=O)c1ccccc1C)C(C)C. The number of ether oxygens (including phenoxy) is 1. The van der Waals surface area contributed by atoms with Crippen LogP contribution >= 0.6 is 11.3 Å². The molecule has 0 radical (unpaired) electrons. The standard InChI is InChI=1S/C28H32N2O3S/c1-19(2)30(28(32)22-11-7-5-9-20(22)3)17-27(31)29-15-13-26-23(14-16-34-26)24(29)18-33-25-12-8-6-10-21(25)4/h5-12,14,16,19,24H,13,15,17-18H2,1-4H3. The lowest BCUT2D eigenvalue weighted by Gasteiger charge is -2.38. The number of hydrogen-bond acceptors (Lipinski definition) is 4. The average molecular weight is 477 g/mol. The molecule has 1 aliphatic rings. The summed E-state index contributed by atoms with van der Waals surface area (Å²) in [6.07, 6.45) is 0.826. The minimum absolute atomic E-state index is 0.0468. The first-order valence-electron chi connectivity index (χ1n) is 11.8. The number of nitrogens with zero attached hydrogens (tertiary/aromatic N) is 2. The molecule has 0 saturated heterocycles. The van der Waals surface area contributed by atoms with Gasteiger partial charge in [-0.15, -0.1) is 11.3 Å². The predicted molar refractivity (Wildman–Crippen MR) is 137 cm³/mol. The number of thiophene rings is 1. The lowest BCUT2D eigenvalue weighted by atomic mass is 10.00. The van der Waals surface area contributed by atoms with Gasteiger partial charge in [0.2, 0.25) is 5.91 Å². The van der Waals surface area contributed by atoms with Crippen LogP contribution in [0.1, 0.15) is 51.8 Å². The molecule has 1 atom stereocenters. The van der Waals surface area contributed by atoms with Gasteiger partial charge in [-0.25, -0.2) is 0 Å². The molecule has 0 bridgehead atoms. The number of carbonyl (C=O) groups is 2. The second-order valence-electron chi connectivity index (χ2n) is 9.07. The van der Waals surface area contributed by atoms with Crippen LogP contribution in [0.2, 0.25) is 0 Å². The smallest absolute Gasteiger partial charge is 0.254 e. The average Bonchev–Trinajstić information content (AvgIpc) is 3.30. The lowest BCUT2D eigenvalue weighted by Crippen LogP contribution is -2.49. The normalized spacial score (nSPS) is 15.2. The van der Waals surface area contributed by atoms with Gasteiger partial charge in [-0.1, -0.05) is 36.4 Å². The molecule has 1 unspecified atom stereocenters. The van der Waals surface area contributed by atoms with Crippen LogP contribution in [-0.2, 0) is 11.2 Å². The van der Waals surface area contributed by atoms with E-state index in [-0.39, 0.29) is 30.4 Å². The fourth-order valence-electron chi connectivity index (χ4n) is 4.45. The maximum Gasteiger partial charge on any atom is 0.254 e. The van der Waals surface area contributed by atoms with Crippen molar-refractivity contribution in [3.05, 3.63) is 87.1 Å². The summed E-state index contributed by atoms with van der Waals surface area (Å²) >= 11 is 1.73. The van der Waals surface area contributed by atoms with Crippen molar-refractivity contribution in [3.8, 4) is 5.75 Å². The van der Waals surface area contributed by atoms with Gasteiger partial charge < -0.3 is 14.5 Å². The summed E-state index contributed by atoms with van der Waals surface area (Å²) in [5.41, 5.74) is 3.77. The molecular weight excluding hydrogens is 444 g/mol. The molecule has 5 nitrogen and oxygen atoms in total. The van der Waals surface area contributed by atoms with Gasteiger partial charge in [-0.2, -0.15) is 0 Å². The van der Waals surface area contributed by atoms with E-state index in [9.17, 15) is 9.59 Å². The molecule has 34 heavy (non-hydrogen) atoms. The van der Waals surface area contributed by atoms with Crippen LogP contribution in [0.15, 0.2) is 60.0 Å². The van der Waals surface area contributed by atoms with Gasteiger partial charge in [0, 0.05) is 23.0 Å². The number of hydrogen-bond donors (Lipinski definition) is 0. The van der Waals surface area contributed by atoms with Crippen molar-refractivity contribution in [2.24, 2.45) is 0 Å². The van der Waals surface area contributed by atoms with Gasteiger partial charge in [0.1, 0.15) is 18.9 Å². The number of amides is 2. The topological polar surface area (TPSA) is 49.9 Å². The Bertz CT molecular complexity index is 1170. The third-order valence-electron chi connectivity index (χ3n) is 6.47. The number of benzene rings is 2. The fourth-order valence-corrected chi connectivity index (χ4v) is 5.38. The molecule has 2 heterocycles. The number of aryl methyl sites for hydroxylation is 2. The largest absolute Gasteiger partial charge is 0.491 e. The van der Waals surface area contributed by atoms with Crippen molar-refractivity contribution >= 4 is 23.2 Å². The van der Waals surface area contributed by atoms with E-state index in [1.54, 1.807) is 16.2 Å². The zero-order chi connectivity index (χ0) is 24.2. The molecule has 4 rings (SSSR count). The molecular formula is C28H32N2O3S. The molecule has 178 valence electrons. The van der Waals surface area contributed by atoms with Gasteiger partial charge in [-0.3, -0.25) is 9.59 Å². The summed E-state index contributed by atoms with van der Waals surface area (Å²) in [4.78, 5) is 31.9. The first-order valence-corrected chi connectivity index (χ1v) is 12.7. The Morgan fingerprint density at radius 2 is 1.76 bits per heavy atom. The number of rotatable bonds is 7. The third-order valence-corrected chi connectivity index (χ3v) is 7.47. The van der Waals surface area contributed by atoms with E-state index in [1.165, 1.54) is 4.88 Å². The number of carbonyl (C=O) groups excluding carboxylic acids is 2. The molecule has 6 heteroatoms. The van der Waals surface area contributed by atoms with Crippen LogP contribution in [0.5, 0.6) is 5.75 Å². The lowest BCUT2D eigenvalue weighted by molar-refractivity contribution is -0.136. The minimum Gasteiger partial charge on any atom is -0.491 e. The zero-order valence-electron chi connectivity index (χ0n) is 20.3. The van der Waals surface area contributed by atoms with E-state index in [2.05, 4.69) is 11.4 Å². The fraction of sp³-hybridized carbons (Fsp3) is 0.357. The van der Waals surface area contributed by atoms with Crippen molar-refractivity contribution < 1.29 is 14.3 Å². The van der Waals surface area contributed by atoms with Crippen LogP contribution in [0.4, 0.5) is 0 Å². The highest BCUT2D eigenvalue weighted by Gasteiger charge is 2.34. The van der Waals surface area contributed by atoms with Crippen LogP contribution < -0.4 is 4.74 Å². The zero-order valence-corrected chi connectivity index (χ0v) is 21.1. The van der Waals surface area contributed by atoms with Gasteiger partial charge in [0.25, 0.3) is 5.91 Å². The Hall–Kier alpha value is -3.12. The molecule has 1 aliphatic heterocycles. The highest BCUT2D eigenvalue weighted by Crippen LogP contribution is 2.34. The molecule has 0 aliphatic carbocycles. The second-order valence-corrected chi connectivity index (χ2v) is 10.1. The van der Waals surface area contributed by atoms with E-state index < -0.39 is 0 Å². The summed E-state index contributed by atoms with van der Waals surface area (Å²) < 4.78 is 6.20. The molecule has 0 fully saturated rings. The Morgan fingerprint density at radius 1 is 1.06 bits per heavy atom. The van der Waals surface area contributed by atoms with Gasteiger partial charge in [0.15, 0.2) is 0 Å². The van der Waals surface area contributed by atoms with Crippen LogP contribution in [0.3, 0.4) is 0 Å². The molecule has 2 aromatic carbocycles. The van der Waals surface area contributed by atoms with Gasteiger partial charge in [0.05, 0.1) is 6.04 Å². The van der Waals surface area contributed by atoms with Crippen LogP contribution in [0.25, 0.3) is 0 Å². The highest BCUT2D eigenvalue weighted by atomic mass is 32.1. The van der Waals surface area contributed by atoms with E-state index >= 15 is 0 Å². The van der Waals surface area contributed by atoms with Crippen molar-refractivity contribution in [1.29, 1.82) is 0 Å². The van der Waals surface area contributed by atoms with Crippen molar-refractivity contribution in [1.82, 2.24) is 9.80 Å². The third kappa shape index (κ3) is 5.02. The monoisotopic (exact) mass is 476 g/mol. The quantitative estimate of drug-likeness (QED) is 0.457. The molecule has 0 spiro atoms. The van der Waals surface area contributed by atoms with Crippen molar-refractivity contribution in [3.63, 3.8) is 0 Å². The number of fused-ring (bicyclic) bond motifs is 1. The molecule has 2 amide bonds. The maximum atomic E-state index is 13.6. The first kappa shape index (κ1) is 24.0. The Morgan fingerprint density at radius 3 is 2.47 bits per heavy atom. The van der Waals surface area contributed by atoms with E-state index in [4.69, 9.17) is 4.74 Å². The maximum absolute atomic E-state index is 13.6. The molecule has 0 saturated carbocycles. The van der Waals surface area contributed by atoms with E-state index in [0.29, 0.717) is 18.7 Å². The highest BCUT2D eigenvalue weighted by molar-refractivity contribution is 7.10. The second kappa shape index (κ2) is 10.4. The summed E-state index contributed by atoms with van der Waals surface area (Å²) in [6.45, 7) is 8.91. The Kier molecular flexibility index (Phi) is 7.37. The summed E-state index contributed by atoms with van der Waals surface area (Å²) in [5.74, 6) is 0.670. The first-order chi connectivity index (χ1) is 16.4. The summed E-state index contributed by atoms with van der Waals surface area (Å²) in [7, 11) is 0. The number of para-hydroxylation sites is 1. The molecule has 3 aromatic rings. The van der Waals surface area contributed by atoms with E-state index in [1.807, 2.05) is 81.1 Å². The Labute approximate surface area is 206 Å². The van der Waals surface area contributed by atoms with Crippen molar-refractivity contribution in [2.75, 3.05) is 19.7 Å². The van der Waals surface area contributed by atoms with E-state index in [0.717, 1.165) is 28.9 Å². The summed E-state index contributed by atoms with van der Waals surface area (Å²) in [5, 5.41) is 2.08. The van der Waals surface area contributed by atoms with Crippen molar-refractivity contribution in [2.45, 2.75) is 46.2 Å². The van der Waals surface area contributed by atoms with Crippen LogP contribution in [-0.4, -0.2) is 47.4 Å². The van der Waals surface area contributed by atoms with Gasteiger partial charge in [-0.05, 0) is 74.4 Å².